The summed E-state index contributed by atoms with van der Waals surface area (Å²) in [4.78, 5) is 0. The van der Waals surface area contributed by atoms with Crippen molar-refractivity contribution in [1.29, 1.82) is 0 Å². The number of fused-ring (bicyclic) bond motifs is 6. The SMILES string of the molecule is c1ccc(-n2c3ccccc3c3c4ccccc4c(-c4ccc(-c5ccc6ccccc6c5)cc4)cc32)cc1. The summed E-state index contributed by atoms with van der Waals surface area (Å²) in [6, 6.07) is 55.0. The predicted molar refractivity (Wildman–Crippen MR) is 167 cm³/mol. The highest BCUT2D eigenvalue weighted by Gasteiger charge is 2.17. The molecule has 0 unspecified atom stereocenters. The van der Waals surface area contributed by atoms with Crippen LogP contribution < -0.4 is 0 Å². The lowest BCUT2D eigenvalue weighted by Crippen LogP contribution is -1.94. The summed E-state index contributed by atoms with van der Waals surface area (Å²) in [5, 5.41) is 7.69. The van der Waals surface area contributed by atoms with Crippen LogP contribution in [0.3, 0.4) is 0 Å². The number of rotatable bonds is 3. The number of hydrogen-bond donors (Lipinski definition) is 0. The largest absolute Gasteiger partial charge is 0.309 e. The maximum atomic E-state index is 2.41. The fourth-order valence-corrected chi connectivity index (χ4v) is 6.14. The second kappa shape index (κ2) is 8.72. The predicted octanol–water partition coefficient (Wildman–Crippen LogP) is 10.4. The third-order valence-corrected chi connectivity index (χ3v) is 7.97. The molecule has 0 bridgehead atoms. The van der Waals surface area contributed by atoms with Crippen molar-refractivity contribution in [3.63, 3.8) is 0 Å². The van der Waals surface area contributed by atoms with Gasteiger partial charge in [-0.3, -0.25) is 0 Å². The molecular weight excluding hydrogens is 470 g/mol. The van der Waals surface area contributed by atoms with Crippen molar-refractivity contribution in [2.45, 2.75) is 0 Å². The fourth-order valence-electron chi connectivity index (χ4n) is 6.14. The maximum Gasteiger partial charge on any atom is 0.0553 e. The Bertz CT molecular complexity index is 2150. The Labute approximate surface area is 227 Å². The second-order valence-corrected chi connectivity index (χ2v) is 10.2. The quantitative estimate of drug-likeness (QED) is 0.230. The van der Waals surface area contributed by atoms with Gasteiger partial charge in [-0.15, -0.1) is 0 Å². The van der Waals surface area contributed by atoms with Gasteiger partial charge in [-0.25, -0.2) is 0 Å². The summed E-state index contributed by atoms with van der Waals surface area (Å²) in [5.41, 5.74) is 8.59. The lowest BCUT2D eigenvalue weighted by molar-refractivity contribution is 1.18. The molecule has 0 aliphatic rings. The van der Waals surface area contributed by atoms with Gasteiger partial charge in [-0.1, -0.05) is 121 Å². The zero-order valence-corrected chi connectivity index (χ0v) is 21.4. The Morgan fingerprint density at radius 3 is 1.79 bits per heavy atom. The number of benzene rings is 7. The molecule has 0 amide bonds. The first-order valence-electron chi connectivity index (χ1n) is 13.5. The van der Waals surface area contributed by atoms with Gasteiger partial charge >= 0.3 is 0 Å². The van der Waals surface area contributed by atoms with Crippen molar-refractivity contribution in [3.8, 4) is 27.9 Å². The van der Waals surface area contributed by atoms with E-state index in [1.807, 2.05) is 0 Å². The van der Waals surface area contributed by atoms with Crippen LogP contribution in [0.5, 0.6) is 0 Å². The average Bonchev–Trinajstić information content (AvgIpc) is 3.35. The lowest BCUT2D eigenvalue weighted by Gasteiger charge is -2.13. The minimum Gasteiger partial charge on any atom is -0.309 e. The molecule has 1 nitrogen and oxygen atoms in total. The van der Waals surface area contributed by atoms with Crippen molar-refractivity contribution in [2.75, 3.05) is 0 Å². The Morgan fingerprint density at radius 1 is 0.359 bits per heavy atom. The normalized spacial score (nSPS) is 11.6. The van der Waals surface area contributed by atoms with E-state index >= 15 is 0 Å². The number of aromatic nitrogens is 1. The van der Waals surface area contributed by atoms with Crippen LogP contribution in [0.4, 0.5) is 0 Å². The van der Waals surface area contributed by atoms with E-state index in [9.17, 15) is 0 Å². The zero-order chi connectivity index (χ0) is 25.8. The van der Waals surface area contributed by atoms with Gasteiger partial charge in [-0.2, -0.15) is 0 Å². The highest BCUT2D eigenvalue weighted by Crippen LogP contribution is 2.41. The summed E-state index contributed by atoms with van der Waals surface area (Å²) >= 11 is 0. The van der Waals surface area contributed by atoms with Gasteiger partial charge in [0.2, 0.25) is 0 Å². The summed E-state index contributed by atoms with van der Waals surface area (Å²) in [5.74, 6) is 0. The minimum atomic E-state index is 1.18. The van der Waals surface area contributed by atoms with Crippen molar-refractivity contribution in [3.05, 3.63) is 152 Å². The molecule has 8 rings (SSSR count). The molecular formula is C38H25N. The Hall–Kier alpha value is -5.14. The van der Waals surface area contributed by atoms with E-state index in [1.54, 1.807) is 0 Å². The highest BCUT2D eigenvalue weighted by atomic mass is 15.0. The number of para-hydroxylation sites is 2. The van der Waals surface area contributed by atoms with Gasteiger partial charge in [0.25, 0.3) is 0 Å². The summed E-state index contributed by atoms with van der Waals surface area (Å²) in [7, 11) is 0. The van der Waals surface area contributed by atoms with Gasteiger partial charge in [0.1, 0.15) is 0 Å². The van der Waals surface area contributed by atoms with Crippen LogP contribution in [-0.2, 0) is 0 Å². The molecule has 7 aromatic carbocycles. The van der Waals surface area contributed by atoms with Crippen LogP contribution in [0, 0.1) is 0 Å². The van der Waals surface area contributed by atoms with Crippen LogP contribution >= 0.6 is 0 Å². The Kier molecular flexibility index (Phi) is 4.89. The molecule has 0 radical (unpaired) electrons. The van der Waals surface area contributed by atoms with E-state index in [4.69, 9.17) is 0 Å². The topological polar surface area (TPSA) is 4.93 Å². The first-order chi connectivity index (χ1) is 19.3. The monoisotopic (exact) mass is 495 g/mol. The molecule has 0 aliphatic heterocycles. The van der Waals surface area contributed by atoms with E-state index in [2.05, 4.69) is 156 Å². The molecule has 0 saturated heterocycles. The van der Waals surface area contributed by atoms with Crippen molar-refractivity contribution in [1.82, 2.24) is 4.57 Å². The van der Waals surface area contributed by atoms with Gasteiger partial charge in [0.15, 0.2) is 0 Å². The lowest BCUT2D eigenvalue weighted by atomic mass is 9.93. The first kappa shape index (κ1) is 21.9. The summed E-state index contributed by atoms with van der Waals surface area (Å²) < 4.78 is 2.41. The molecule has 1 heteroatoms. The van der Waals surface area contributed by atoms with Crippen molar-refractivity contribution < 1.29 is 0 Å². The molecule has 0 aliphatic carbocycles. The van der Waals surface area contributed by atoms with Crippen LogP contribution in [0.15, 0.2) is 152 Å². The van der Waals surface area contributed by atoms with Gasteiger partial charge in [-0.05, 0) is 74.1 Å². The van der Waals surface area contributed by atoms with E-state index in [-0.39, 0.29) is 0 Å². The molecule has 1 heterocycles. The smallest absolute Gasteiger partial charge is 0.0553 e. The molecule has 0 fully saturated rings. The van der Waals surface area contributed by atoms with Gasteiger partial charge in [0.05, 0.1) is 11.0 Å². The number of hydrogen-bond acceptors (Lipinski definition) is 0. The molecule has 0 atom stereocenters. The van der Waals surface area contributed by atoms with Gasteiger partial charge in [0, 0.05) is 16.5 Å². The van der Waals surface area contributed by atoms with Crippen molar-refractivity contribution in [2.24, 2.45) is 0 Å². The molecule has 39 heavy (non-hydrogen) atoms. The van der Waals surface area contributed by atoms with Crippen molar-refractivity contribution >= 4 is 43.4 Å². The van der Waals surface area contributed by atoms with E-state index in [0.29, 0.717) is 0 Å². The molecule has 1 aromatic heterocycles. The molecule has 8 aromatic rings. The average molecular weight is 496 g/mol. The third-order valence-electron chi connectivity index (χ3n) is 7.97. The third kappa shape index (κ3) is 3.48. The van der Waals surface area contributed by atoms with E-state index in [1.165, 1.54) is 71.3 Å². The van der Waals surface area contributed by atoms with Crippen LogP contribution in [-0.4, -0.2) is 4.57 Å². The standard InChI is InChI=1S/C38H25N/c1-2-12-31(13-3-1)39-36-17-9-8-16-34(36)38-33-15-7-6-14-32(33)35(25-37(38)39)28-21-18-27(19-22-28)30-23-20-26-10-4-5-11-29(26)24-30/h1-25H. The fraction of sp³-hybridized carbons (Fsp3) is 0. The Balaban J connectivity index is 1.36. The molecule has 0 spiro atoms. The maximum absolute atomic E-state index is 2.41. The molecule has 0 saturated carbocycles. The van der Waals surface area contributed by atoms with Crippen LogP contribution in [0.25, 0.3) is 71.3 Å². The minimum absolute atomic E-state index is 1.18. The van der Waals surface area contributed by atoms with Crippen LogP contribution in [0.1, 0.15) is 0 Å². The van der Waals surface area contributed by atoms with E-state index < -0.39 is 0 Å². The van der Waals surface area contributed by atoms with Crippen LogP contribution in [0.2, 0.25) is 0 Å². The summed E-state index contributed by atoms with van der Waals surface area (Å²) in [6.07, 6.45) is 0. The highest BCUT2D eigenvalue weighted by molar-refractivity contribution is 6.24. The molecule has 0 N–H and O–H groups in total. The number of nitrogens with zero attached hydrogens (tertiary/aromatic N) is 1. The zero-order valence-electron chi connectivity index (χ0n) is 21.4. The van der Waals surface area contributed by atoms with Gasteiger partial charge < -0.3 is 4.57 Å². The molecule has 182 valence electrons. The Morgan fingerprint density at radius 2 is 0.974 bits per heavy atom. The first-order valence-corrected chi connectivity index (χ1v) is 13.5. The summed E-state index contributed by atoms with van der Waals surface area (Å²) in [6.45, 7) is 0. The van der Waals surface area contributed by atoms with E-state index in [0.717, 1.165) is 0 Å². The second-order valence-electron chi connectivity index (χ2n) is 10.2.